The van der Waals surface area contributed by atoms with Crippen molar-refractivity contribution in [2.75, 3.05) is 39.3 Å². The molecule has 6 N–H and O–H groups in total. The zero-order valence-corrected chi connectivity index (χ0v) is 14.2. The van der Waals surface area contributed by atoms with Crippen LogP contribution in [0.25, 0.3) is 0 Å². The summed E-state index contributed by atoms with van der Waals surface area (Å²) in [6.45, 7) is 3.75. The largest absolute Gasteiger partial charge is 0.411 e. The Morgan fingerprint density at radius 1 is 0.739 bits per heavy atom. The summed E-state index contributed by atoms with van der Waals surface area (Å²) in [4.78, 5) is 21.7. The van der Waals surface area contributed by atoms with Crippen molar-refractivity contribution in [2.24, 2.45) is 10.3 Å². The van der Waals surface area contributed by atoms with Gasteiger partial charge in [0.15, 0.2) is 0 Å². The van der Waals surface area contributed by atoms with Crippen LogP contribution < -0.4 is 21.3 Å². The number of halogens is 2. The van der Waals surface area contributed by atoms with E-state index in [9.17, 15) is 9.59 Å². The standard InChI is InChI=1S/C11H22N6O4.2ClH/c18-10(8-16-20)14-6-4-12-2-1-3-13-5-7-15-11(19)9-17-21;;/h8-9,12-13,20-21H,1-7H2,(H,14,18)(H,15,19);2*1H. The second kappa shape index (κ2) is 20.4. The van der Waals surface area contributed by atoms with E-state index in [-0.39, 0.29) is 24.8 Å². The first-order chi connectivity index (χ1) is 10.2. The van der Waals surface area contributed by atoms with Gasteiger partial charge in [0.1, 0.15) is 12.4 Å². The number of hydrogen-bond acceptors (Lipinski definition) is 8. The van der Waals surface area contributed by atoms with Crippen LogP contribution in [0.3, 0.4) is 0 Å². The van der Waals surface area contributed by atoms with E-state index in [0.717, 1.165) is 31.9 Å². The highest BCUT2D eigenvalue weighted by Gasteiger charge is 1.96. The van der Waals surface area contributed by atoms with Crippen LogP contribution in [0, 0.1) is 0 Å². The maximum Gasteiger partial charge on any atom is 0.265 e. The molecule has 0 spiro atoms. The number of nitrogens with one attached hydrogen (secondary N) is 4. The first-order valence-electron chi connectivity index (χ1n) is 6.52. The van der Waals surface area contributed by atoms with Crippen molar-refractivity contribution in [3.05, 3.63) is 0 Å². The molecule has 0 rings (SSSR count). The highest BCUT2D eigenvalue weighted by atomic mass is 35.5. The van der Waals surface area contributed by atoms with Gasteiger partial charge in [-0.2, -0.15) is 0 Å². The van der Waals surface area contributed by atoms with Crippen LogP contribution in [0.2, 0.25) is 0 Å². The molecule has 0 radical (unpaired) electrons. The van der Waals surface area contributed by atoms with Crippen LogP contribution in [0.1, 0.15) is 6.42 Å². The molecule has 2 amide bonds. The molecule has 0 aromatic heterocycles. The van der Waals surface area contributed by atoms with Crippen molar-refractivity contribution >= 4 is 49.1 Å². The number of carbonyl (C=O) groups excluding carboxylic acids is 2. The second-order valence-electron chi connectivity index (χ2n) is 3.92. The fourth-order valence-corrected chi connectivity index (χ4v) is 1.33. The average molecular weight is 375 g/mol. The van der Waals surface area contributed by atoms with Gasteiger partial charge in [0.05, 0.1) is 0 Å². The lowest BCUT2D eigenvalue weighted by atomic mass is 10.4. The Bertz CT molecular complexity index is 325. The van der Waals surface area contributed by atoms with E-state index in [1.165, 1.54) is 0 Å². The molecule has 0 atom stereocenters. The fraction of sp³-hybridized carbons (Fsp3) is 0.636. The Morgan fingerprint density at radius 3 is 1.48 bits per heavy atom. The quantitative estimate of drug-likeness (QED) is 0.106. The maximum atomic E-state index is 10.9. The molecule has 0 aliphatic carbocycles. The SMILES string of the molecule is Cl.Cl.O=C(C=NO)NCCNCCCNCCNC(=O)C=NO. The third-order valence-electron chi connectivity index (χ3n) is 2.26. The van der Waals surface area contributed by atoms with E-state index in [4.69, 9.17) is 10.4 Å². The Kier molecular flexibility index (Phi) is 23.3. The van der Waals surface area contributed by atoms with Crippen molar-refractivity contribution in [1.82, 2.24) is 21.3 Å². The van der Waals surface area contributed by atoms with Crippen molar-refractivity contribution in [2.45, 2.75) is 6.42 Å². The molecule has 0 unspecified atom stereocenters. The zero-order valence-electron chi connectivity index (χ0n) is 12.5. The van der Waals surface area contributed by atoms with Crippen molar-refractivity contribution in [3.63, 3.8) is 0 Å². The van der Waals surface area contributed by atoms with Crippen LogP contribution in [-0.2, 0) is 9.59 Å². The summed E-state index contributed by atoms with van der Waals surface area (Å²) in [5.74, 6) is -0.872. The summed E-state index contributed by atoms with van der Waals surface area (Å²) in [6.07, 6.45) is 2.50. The van der Waals surface area contributed by atoms with Gasteiger partial charge >= 0.3 is 0 Å². The third-order valence-corrected chi connectivity index (χ3v) is 2.26. The average Bonchev–Trinajstić information content (AvgIpc) is 2.45. The Balaban J connectivity index is -0.00000200. The molecule has 0 fully saturated rings. The minimum absolute atomic E-state index is 0. The molecule has 0 aromatic carbocycles. The third kappa shape index (κ3) is 20.4. The summed E-state index contributed by atoms with van der Waals surface area (Å²) in [7, 11) is 0. The summed E-state index contributed by atoms with van der Waals surface area (Å²) in [6, 6.07) is 0. The first-order valence-corrected chi connectivity index (χ1v) is 6.52. The van der Waals surface area contributed by atoms with Crippen LogP contribution >= 0.6 is 24.8 Å². The maximum absolute atomic E-state index is 10.9. The number of hydrogen-bond donors (Lipinski definition) is 6. The minimum atomic E-state index is -0.436. The molecular weight excluding hydrogens is 351 g/mol. The molecule has 0 aliphatic heterocycles. The van der Waals surface area contributed by atoms with Gasteiger partial charge in [0.25, 0.3) is 11.8 Å². The highest BCUT2D eigenvalue weighted by Crippen LogP contribution is 1.73. The molecule has 0 bridgehead atoms. The topological polar surface area (TPSA) is 147 Å². The molecular formula is C11H24Cl2N6O4. The Labute approximate surface area is 147 Å². The van der Waals surface area contributed by atoms with E-state index in [1.807, 2.05) is 0 Å². The zero-order chi connectivity index (χ0) is 15.8. The van der Waals surface area contributed by atoms with Crippen molar-refractivity contribution < 1.29 is 20.0 Å². The van der Waals surface area contributed by atoms with Gasteiger partial charge in [0.2, 0.25) is 0 Å². The van der Waals surface area contributed by atoms with Gasteiger partial charge in [-0.1, -0.05) is 10.3 Å². The van der Waals surface area contributed by atoms with Gasteiger partial charge in [-0.15, -0.1) is 24.8 Å². The summed E-state index contributed by atoms with van der Waals surface area (Å²) < 4.78 is 0. The van der Waals surface area contributed by atoms with Gasteiger partial charge in [-0.25, -0.2) is 0 Å². The second-order valence-corrected chi connectivity index (χ2v) is 3.92. The monoisotopic (exact) mass is 374 g/mol. The number of amides is 2. The van der Waals surface area contributed by atoms with Gasteiger partial charge in [-0.05, 0) is 19.5 Å². The van der Waals surface area contributed by atoms with E-state index < -0.39 is 11.8 Å². The van der Waals surface area contributed by atoms with Gasteiger partial charge in [-0.3, -0.25) is 9.59 Å². The molecule has 0 saturated heterocycles. The van der Waals surface area contributed by atoms with Gasteiger partial charge in [0, 0.05) is 26.2 Å². The number of nitrogens with zero attached hydrogens (tertiary/aromatic N) is 2. The minimum Gasteiger partial charge on any atom is -0.411 e. The number of carbonyl (C=O) groups is 2. The van der Waals surface area contributed by atoms with E-state index in [1.54, 1.807) is 0 Å². The molecule has 0 saturated carbocycles. The number of oxime groups is 2. The predicted molar refractivity (Wildman–Crippen MR) is 91.4 cm³/mol. The van der Waals surface area contributed by atoms with E-state index in [2.05, 4.69) is 31.6 Å². The fourth-order valence-electron chi connectivity index (χ4n) is 1.33. The number of rotatable bonds is 12. The highest BCUT2D eigenvalue weighted by molar-refractivity contribution is 6.26. The lowest BCUT2D eigenvalue weighted by Crippen LogP contribution is -2.34. The molecule has 136 valence electrons. The van der Waals surface area contributed by atoms with Gasteiger partial charge < -0.3 is 31.7 Å². The molecule has 0 aliphatic rings. The molecule has 0 heterocycles. The Morgan fingerprint density at radius 2 is 1.13 bits per heavy atom. The molecule has 12 heteroatoms. The van der Waals surface area contributed by atoms with Crippen LogP contribution in [0.4, 0.5) is 0 Å². The summed E-state index contributed by atoms with van der Waals surface area (Å²) in [5, 5.41) is 32.7. The predicted octanol–water partition coefficient (Wildman–Crippen LogP) is -1.45. The normalized spacial score (nSPS) is 10.1. The molecule has 10 nitrogen and oxygen atoms in total. The lowest BCUT2D eigenvalue weighted by molar-refractivity contribution is -0.115. The summed E-state index contributed by atoms with van der Waals surface area (Å²) >= 11 is 0. The lowest BCUT2D eigenvalue weighted by Gasteiger charge is -2.07. The van der Waals surface area contributed by atoms with Crippen LogP contribution in [0.5, 0.6) is 0 Å². The summed E-state index contributed by atoms with van der Waals surface area (Å²) in [5.41, 5.74) is 0. The smallest absolute Gasteiger partial charge is 0.265 e. The van der Waals surface area contributed by atoms with E-state index >= 15 is 0 Å². The van der Waals surface area contributed by atoms with Crippen LogP contribution in [-0.4, -0.2) is 73.9 Å². The van der Waals surface area contributed by atoms with Crippen molar-refractivity contribution in [3.8, 4) is 0 Å². The first kappa shape index (κ1) is 26.3. The van der Waals surface area contributed by atoms with E-state index in [0.29, 0.717) is 26.2 Å². The molecule has 23 heavy (non-hydrogen) atoms. The van der Waals surface area contributed by atoms with Crippen molar-refractivity contribution in [1.29, 1.82) is 0 Å². The Hall–Kier alpha value is -1.62. The molecule has 0 aromatic rings. The van der Waals surface area contributed by atoms with Crippen LogP contribution in [0.15, 0.2) is 10.3 Å².